The number of rotatable bonds is 5. The van der Waals surface area contributed by atoms with Crippen LogP contribution in [0.4, 0.5) is 5.82 Å². The molecule has 0 fully saturated rings. The van der Waals surface area contributed by atoms with Gasteiger partial charge >= 0.3 is 0 Å². The van der Waals surface area contributed by atoms with Crippen molar-refractivity contribution in [2.75, 3.05) is 5.32 Å². The average molecular weight is 321 g/mol. The molecule has 0 spiro atoms. The number of aromatic nitrogens is 3. The van der Waals surface area contributed by atoms with Crippen LogP contribution in [0.2, 0.25) is 0 Å². The van der Waals surface area contributed by atoms with E-state index < -0.39 is 5.91 Å². The van der Waals surface area contributed by atoms with Crippen LogP contribution in [0, 0.1) is 0 Å². The summed E-state index contributed by atoms with van der Waals surface area (Å²) < 4.78 is 1.61. The second-order valence-electron chi connectivity index (χ2n) is 5.11. The Morgan fingerprint density at radius 3 is 2.46 bits per heavy atom. The Labute approximate surface area is 138 Å². The molecule has 0 saturated carbocycles. The maximum absolute atomic E-state index is 12.2. The van der Waals surface area contributed by atoms with Gasteiger partial charge in [-0.2, -0.15) is 0 Å². The molecule has 3 N–H and O–H groups in total. The fourth-order valence-electron chi connectivity index (χ4n) is 2.32. The minimum Gasteiger partial charge on any atom is -0.364 e. The van der Waals surface area contributed by atoms with Crippen molar-refractivity contribution in [2.45, 2.75) is 6.54 Å². The van der Waals surface area contributed by atoms with Gasteiger partial charge in [0.2, 0.25) is 0 Å². The normalized spacial score (nSPS) is 10.3. The smallest absolute Gasteiger partial charge is 0.269 e. The summed E-state index contributed by atoms with van der Waals surface area (Å²) in [5.74, 6) is -0.904. The van der Waals surface area contributed by atoms with E-state index >= 15 is 0 Å². The number of carbonyl (C=O) groups is 2. The lowest BCUT2D eigenvalue weighted by molar-refractivity contribution is 0.0993. The number of pyridine rings is 1. The van der Waals surface area contributed by atoms with Gasteiger partial charge in [0.1, 0.15) is 0 Å². The first kappa shape index (κ1) is 15.4. The minimum atomic E-state index is -0.659. The van der Waals surface area contributed by atoms with E-state index in [9.17, 15) is 9.59 Å². The number of nitrogens with two attached hydrogens (primary N) is 1. The summed E-state index contributed by atoms with van der Waals surface area (Å²) in [6, 6.07) is 12.7. The zero-order valence-electron chi connectivity index (χ0n) is 12.7. The number of nitrogens with one attached hydrogen (secondary N) is 1. The highest BCUT2D eigenvalue weighted by Crippen LogP contribution is 2.16. The lowest BCUT2D eigenvalue weighted by atomic mass is 10.2. The summed E-state index contributed by atoms with van der Waals surface area (Å²) in [6.45, 7) is 0.428. The molecule has 7 heteroatoms. The molecular formula is C17H15N5O2. The number of primary amides is 1. The van der Waals surface area contributed by atoms with Crippen molar-refractivity contribution in [3.05, 3.63) is 78.0 Å². The zero-order valence-corrected chi connectivity index (χ0v) is 12.7. The van der Waals surface area contributed by atoms with E-state index in [1.165, 1.54) is 18.7 Å². The summed E-state index contributed by atoms with van der Waals surface area (Å²) in [5, 5.41) is 2.61. The van der Waals surface area contributed by atoms with Gasteiger partial charge in [0.15, 0.2) is 11.5 Å². The fourth-order valence-corrected chi connectivity index (χ4v) is 2.32. The number of anilines is 1. The van der Waals surface area contributed by atoms with Crippen molar-refractivity contribution in [2.24, 2.45) is 5.73 Å². The second kappa shape index (κ2) is 6.74. The molecule has 2 aromatic heterocycles. The van der Waals surface area contributed by atoms with Crippen molar-refractivity contribution < 1.29 is 9.59 Å². The number of hydrogen-bond acceptors (Lipinski definition) is 4. The first-order valence-corrected chi connectivity index (χ1v) is 7.25. The highest BCUT2D eigenvalue weighted by molar-refractivity contribution is 6.07. The zero-order chi connectivity index (χ0) is 16.9. The van der Waals surface area contributed by atoms with Crippen LogP contribution in [0.5, 0.6) is 0 Å². The van der Waals surface area contributed by atoms with Crippen LogP contribution in [0.3, 0.4) is 0 Å². The van der Waals surface area contributed by atoms with E-state index in [1.54, 1.807) is 16.7 Å². The molecule has 0 bridgehead atoms. The quantitative estimate of drug-likeness (QED) is 0.746. The van der Waals surface area contributed by atoms with E-state index in [4.69, 9.17) is 5.73 Å². The third-order valence-electron chi connectivity index (χ3n) is 3.44. The second-order valence-corrected chi connectivity index (χ2v) is 5.11. The van der Waals surface area contributed by atoms with Crippen LogP contribution in [0.1, 0.15) is 26.4 Å². The summed E-state index contributed by atoms with van der Waals surface area (Å²) in [4.78, 5) is 32.0. The van der Waals surface area contributed by atoms with Crippen LogP contribution in [-0.4, -0.2) is 26.3 Å². The van der Waals surface area contributed by atoms with Crippen LogP contribution < -0.4 is 11.1 Å². The molecule has 3 rings (SSSR count). The maximum Gasteiger partial charge on any atom is 0.269 e. The highest BCUT2D eigenvalue weighted by Gasteiger charge is 2.19. The van der Waals surface area contributed by atoms with Gasteiger partial charge in [-0.3, -0.25) is 14.6 Å². The van der Waals surface area contributed by atoms with Gasteiger partial charge in [0, 0.05) is 24.5 Å². The first-order chi connectivity index (χ1) is 11.6. The Morgan fingerprint density at radius 1 is 1.08 bits per heavy atom. The van der Waals surface area contributed by atoms with E-state index in [0.717, 1.165) is 5.56 Å². The molecule has 0 aliphatic carbocycles. The molecule has 0 saturated heterocycles. The van der Waals surface area contributed by atoms with Crippen molar-refractivity contribution in [3.63, 3.8) is 0 Å². The topological polar surface area (TPSA) is 103 Å². The summed E-state index contributed by atoms with van der Waals surface area (Å²) in [5.41, 5.74) is 7.03. The van der Waals surface area contributed by atoms with Crippen LogP contribution >= 0.6 is 0 Å². The lowest BCUT2D eigenvalue weighted by Gasteiger charge is -2.08. The van der Waals surface area contributed by atoms with Crippen LogP contribution in [0.25, 0.3) is 0 Å². The predicted molar refractivity (Wildman–Crippen MR) is 88.5 cm³/mol. The van der Waals surface area contributed by atoms with E-state index in [-0.39, 0.29) is 17.4 Å². The van der Waals surface area contributed by atoms with Gasteiger partial charge in [-0.1, -0.05) is 30.3 Å². The number of imidazole rings is 1. The molecule has 2 amide bonds. The molecule has 2 heterocycles. The van der Waals surface area contributed by atoms with Crippen LogP contribution in [0.15, 0.2) is 61.2 Å². The van der Waals surface area contributed by atoms with Gasteiger partial charge in [-0.25, -0.2) is 4.98 Å². The van der Waals surface area contributed by atoms with Gasteiger partial charge < -0.3 is 15.6 Å². The van der Waals surface area contributed by atoms with Gasteiger partial charge in [0.25, 0.3) is 11.8 Å². The molecule has 3 aromatic rings. The lowest BCUT2D eigenvalue weighted by Crippen LogP contribution is -2.21. The first-order valence-electron chi connectivity index (χ1n) is 7.25. The molecule has 7 nitrogen and oxygen atoms in total. The van der Waals surface area contributed by atoms with Crippen molar-refractivity contribution in [3.8, 4) is 0 Å². The Bertz CT molecular complexity index is 859. The Morgan fingerprint density at radius 2 is 1.79 bits per heavy atom. The Hall–Kier alpha value is -3.48. The van der Waals surface area contributed by atoms with E-state index in [2.05, 4.69) is 15.3 Å². The number of carbonyl (C=O) groups excluding carboxylic acids is 2. The number of nitrogens with zero attached hydrogens (tertiary/aromatic N) is 3. The molecule has 0 unspecified atom stereocenters. The van der Waals surface area contributed by atoms with Crippen molar-refractivity contribution in [1.29, 1.82) is 0 Å². The standard InChI is InChI=1S/C17H15N5O2/c18-15(23)14-16(21-17(24)13-6-8-19-9-7-13)20-11-22(14)10-12-4-2-1-3-5-12/h1-9,11H,10H2,(H2,18,23)(H,21,24). The highest BCUT2D eigenvalue weighted by atomic mass is 16.2. The third-order valence-corrected chi connectivity index (χ3v) is 3.44. The predicted octanol–water partition coefficient (Wildman–Crippen LogP) is 1.68. The largest absolute Gasteiger partial charge is 0.364 e. The number of hydrogen-bond donors (Lipinski definition) is 2. The summed E-state index contributed by atoms with van der Waals surface area (Å²) >= 11 is 0. The molecule has 1 aromatic carbocycles. The average Bonchev–Trinajstić information content (AvgIpc) is 2.99. The number of amides is 2. The van der Waals surface area contributed by atoms with E-state index in [0.29, 0.717) is 12.1 Å². The minimum absolute atomic E-state index is 0.139. The SMILES string of the molecule is NC(=O)c1c(NC(=O)c2ccncc2)ncn1Cc1ccccc1. The van der Waals surface area contributed by atoms with Crippen molar-refractivity contribution in [1.82, 2.24) is 14.5 Å². The monoisotopic (exact) mass is 321 g/mol. The number of benzene rings is 1. The summed E-state index contributed by atoms with van der Waals surface area (Å²) in [6.07, 6.45) is 4.51. The molecule has 0 aliphatic rings. The van der Waals surface area contributed by atoms with Gasteiger partial charge in [-0.15, -0.1) is 0 Å². The Kier molecular flexibility index (Phi) is 4.33. The summed E-state index contributed by atoms with van der Waals surface area (Å²) in [7, 11) is 0. The van der Waals surface area contributed by atoms with E-state index in [1.807, 2.05) is 30.3 Å². The molecule has 120 valence electrons. The van der Waals surface area contributed by atoms with Gasteiger partial charge in [0.05, 0.1) is 6.33 Å². The third kappa shape index (κ3) is 3.30. The van der Waals surface area contributed by atoms with Gasteiger partial charge in [-0.05, 0) is 17.7 Å². The molecule has 0 atom stereocenters. The van der Waals surface area contributed by atoms with Crippen molar-refractivity contribution >= 4 is 17.6 Å². The fraction of sp³-hybridized carbons (Fsp3) is 0.0588. The van der Waals surface area contributed by atoms with Crippen LogP contribution in [-0.2, 0) is 6.54 Å². The molecule has 0 radical (unpaired) electrons. The Balaban J connectivity index is 1.86. The maximum atomic E-state index is 12.2. The molecule has 0 aliphatic heterocycles. The molecular weight excluding hydrogens is 306 g/mol. The molecule has 24 heavy (non-hydrogen) atoms.